The van der Waals surface area contributed by atoms with Crippen molar-refractivity contribution in [2.75, 3.05) is 26.0 Å². The van der Waals surface area contributed by atoms with E-state index in [4.69, 9.17) is 10.5 Å². The quantitative estimate of drug-likeness (QED) is 0.824. The van der Waals surface area contributed by atoms with Gasteiger partial charge in [0, 0.05) is 18.3 Å². The molecule has 0 spiro atoms. The fourth-order valence-electron chi connectivity index (χ4n) is 2.65. The summed E-state index contributed by atoms with van der Waals surface area (Å²) in [5.74, 6) is 0.528. The maximum atomic E-state index is 12.6. The van der Waals surface area contributed by atoms with E-state index in [1.165, 1.54) is 0 Å². The van der Waals surface area contributed by atoms with Crippen LogP contribution >= 0.6 is 0 Å². The Kier molecular flexibility index (Phi) is 4.84. The van der Waals surface area contributed by atoms with Crippen LogP contribution in [0.25, 0.3) is 0 Å². The molecule has 0 aliphatic carbocycles. The molecule has 2 rings (SSSR count). The summed E-state index contributed by atoms with van der Waals surface area (Å²) in [5, 5.41) is 9.49. The van der Waals surface area contributed by atoms with Gasteiger partial charge in [0.1, 0.15) is 5.75 Å². The van der Waals surface area contributed by atoms with Gasteiger partial charge >= 0.3 is 0 Å². The minimum atomic E-state index is -0.105. The van der Waals surface area contributed by atoms with E-state index in [0.29, 0.717) is 23.5 Å². The second-order valence-electron chi connectivity index (χ2n) is 5.14. The molecule has 1 fully saturated rings. The summed E-state index contributed by atoms with van der Waals surface area (Å²) in [4.78, 5) is 14.4. The van der Waals surface area contributed by atoms with Crippen LogP contribution in [0.5, 0.6) is 5.75 Å². The Bertz CT molecular complexity index is 476. The van der Waals surface area contributed by atoms with E-state index in [2.05, 4.69) is 0 Å². The normalized spacial score (nSPS) is 19.5. The van der Waals surface area contributed by atoms with Gasteiger partial charge in [0.25, 0.3) is 5.91 Å². The number of likely N-dealkylation sites (tertiary alicyclic amines) is 1. The first-order valence-electron chi connectivity index (χ1n) is 7.02. The highest BCUT2D eigenvalue weighted by Crippen LogP contribution is 2.24. The maximum Gasteiger partial charge on any atom is 0.256 e. The molecule has 1 aromatic rings. The first-order valence-corrected chi connectivity index (χ1v) is 7.02. The SMILES string of the molecule is COc1ccc(C(=O)N2CCCCCC2CO)c(N)c1. The summed E-state index contributed by atoms with van der Waals surface area (Å²) >= 11 is 0. The third-order valence-corrected chi connectivity index (χ3v) is 3.84. The van der Waals surface area contributed by atoms with Crippen LogP contribution in [0.3, 0.4) is 0 Å². The van der Waals surface area contributed by atoms with E-state index in [1.54, 1.807) is 30.2 Å². The van der Waals surface area contributed by atoms with Gasteiger partial charge in [0.2, 0.25) is 0 Å². The predicted octanol–water partition coefficient (Wildman–Crippen LogP) is 1.65. The van der Waals surface area contributed by atoms with Crippen molar-refractivity contribution in [2.45, 2.75) is 31.7 Å². The number of rotatable bonds is 3. The van der Waals surface area contributed by atoms with Gasteiger partial charge in [-0.1, -0.05) is 12.8 Å². The number of nitrogens with zero attached hydrogens (tertiary/aromatic N) is 1. The van der Waals surface area contributed by atoms with Crippen LogP contribution < -0.4 is 10.5 Å². The number of hydrogen-bond donors (Lipinski definition) is 2. The van der Waals surface area contributed by atoms with E-state index in [-0.39, 0.29) is 18.6 Å². The highest BCUT2D eigenvalue weighted by molar-refractivity contribution is 5.99. The lowest BCUT2D eigenvalue weighted by atomic mass is 10.1. The molecule has 1 aliphatic rings. The second kappa shape index (κ2) is 6.61. The average molecular weight is 278 g/mol. The molecule has 5 nitrogen and oxygen atoms in total. The fourth-order valence-corrected chi connectivity index (χ4v) is 2.65. The molecular formula is C15H22N2O3. The summed E-state index contributed by atoms with van der Waals surface area (Å²) < 4.78 is 5.09. The van der Waals surface area contributed by atoms with Crippen molar-refractivity contribution in [1.82, 2.24) is 4.90 Å². The molecule has 1 amide bonds. The van der Waals surface area contributed by atoms with Gasteiger partial charge in [-0.2, -0.15) is 0 Å². The lowest BCUT2D eigenvalue weighted by molar-refractivity contribution is 0.0601. The minimum absolute atomic E-state index is 0.00179. The molecule has 20 heavy (non-hydrogen) atoms. The van der Waals surface area contributed by atoms with Gasteiger partial charge in [-0.15, -0.1) is 0 Å². The van der Waals surface area contributed by atoms with E-state index in [1.807, 2.05) is 0 Å². The summed E-state index contributed by atoms with van der Waals surface area (Å²) in [5.41, 5.74) is 6.83. The number of carbonyl (C=O) groups excluding carboxylic acids is 1. The smallest absolute Gasteiger partial charge is 0.256 e. The molecule has 5 heteroatoms. The van der Waals surface area contributed by atoms with Crippen LogP contribution in [0, 0.1) is 0 Å². The maximum absolute atomic E-state index is 12.6. The minimum Gasteiger partial charge on any atom is -0.497 e. The summed E-state index contributed by atoms with van der Waals surface area (Å²) in [6.45, 7) is 0.678. The molecule has 3 N–H and O–H groups in total. The Morgan fingerprint density at radius 2 is 2.25 bits per heavy atom. The number of carbonyl (C=O) groups is 1. The van der Waals surface area contributed by atoms with E-state index in [0.717, 1.165) is 25.7 Å². The first kappa shape index (κ1) is 14.7. The van der Waals surface area contributed by atoms with E-state index in [9.17, 15) is 9.90 Å². The van der Waals surface area contributed by atoms with Crippen molar-refractivity contribution in [3.63, 3.8) is 0 Å². The van der Waals surface area contributed by atoms with E-state index >= 15 is 0 Å². The molecule has 0 radical (unpaired) electrons. The van der Waals surface area contributed by atoms with Crippen LogP contribution in [-0.2, 0) is 0 Å². The van der Waals surface area contributed by atoms with E-state index < -0.39 is 0 Å². The Labute approximate surface area is 119 Å². The molecule has 1 aromatic carbocycles. The lowest BCUT2D eigenvalue weighted by Gasteiger charge is -2.29. The number of hydrogen-bond acceptors (Lipinski definition) is 4. The highest BCUT2D eigenvalue weighted by Gasteiger charge is 2.26. The van der Waals surface area contributed by atoms with Gasteiger partial charge in [-0.3, -0.25) is 4.79 Å². The first-order chi connectivity index (χ1) is 9.67. The van der Waals surface area contributed by atoms with Crippen LogP contribution in [0.1, 0.15) is 36.0 Å². The van der Waals surface area contributed by atoms with Crippen molar-refractivity contribution in [3.05, 3.63) is 23.8 Å². The molecule has 1 saturated heterocycles. The largest absolute Gasteiger partial charge is 0.497 e. The Balaban J connectivity index is 2.24. The van der Waals surface area contributed by atoms with Crippen molar-refractivity contribution in [2.24, 2.45) is 0 Å². The number of aliphatic hydroxyl groups is 1. The second-order valence-corrected chi connectivity index (χ2v) is 5.14. The van der Waals surface area contributed by atoms with Gasteiger partial charge in [-0.05, 0) is 25.0 Å². The van der Waals surface area contributed by atoms with Gasteiger partial charge in [-0.25, -0.2) is 0 Å². The summed E-state index contributed by atoms with van der Waals surface area (Å²) in [6, 6.07) is 4.97. The summed E-state index contributed by atoms with van der Waals surface area (Å²) in [7, 11) is 1.56. The number of anilines is 1. The van der Waals surface area contributed by atoms with Crippen LogP contribution in [0.4, 0.5) is 5.69 Å². The zero-order valence-electron chi connectivity index (χ0n) is 11.8. The third-order valence-electron chi connectivity index (χ3n) is 3.84. The van der Waals surface area contributed by atoms with Crippen LogP contribution in [0.15, 0.2) is 18.2 Å². The number of ether oxygens (including phenoxy) is 1. The molecule has 1 unspecified atom stereocenters. The lowest BCUT2D eigenvalue weighted by Crippen LogP contribution is -2.42. The van der Waals surface area contributed by atoms with Crippen molar-refractivity contribution in [3.8, 4) is 5.75 Å². The van der Waals surface area contributed by atoms with Gasteiger partial charge in [0.05, 0.1) is 25.3 Å². The molecule has 0 saturated carbocycles. The number of nitrogens with two attached hydrogens (primary N) is 1. The monoisotopic (exact) mass is 278 g/mol. The zero-order valence-corrected chi connectivity index (χ0v) is 11.8. The Hall–Kier alpha value is -1.75. The van der Waals surface area contributed by atoms with Crippen LogP contribution in [-0.4, -0.2) is 42.2 Å². The molecule has 110 valence electrons. The Morgan fingerprint density at radius 1 is 1.45 bits per heavy atom. The summed E-state index contributed by atoms with van der Waals surface area (Å²) in [6.07, 6.45) is 3.96. The Morgan fingerprint density at radius 3 is 2.90 bits per heavy atom. The van der Waals surface area contributed by atoms with Crippen molar-refractivity contribution < 1.29 is 14.6 Å². The molecule has 1 atom stereocenters. The van der Waals surface area contributed by atoms with Gasteiger partial charge < -0.3 is 20.5 Å². The molecule has 0 aromatic heterocycles. The van der Waals surface area contributed by atoms with Crippen molar-refractivity contribution in [1.29, 1.82) is 0 Å². The predicted molar refractivity (Wildman–Crippen MR) is 77.8 cm³/mol. The molecular weight excluding hydrogens is 256 g/mol. The van der Waals surface area contributed by atoms with Crippen molar-refractivity contribution >= 4 is 11.6 Å². The van der Waals surface area contributed by atoms with Crippen LogP contribution in [0.2, 0.25) is 0 Å². The number of amides is 1. The number of benzene rings is 1. The fraction of sp³-hybridized carbons (Fsp3) is 0.533. The van der Waals surface area contributed by atoms with Gasteiger partial charge in [0.15, 0.2) is 0 Å². The zero-order chi connectivity index (χ0) is 14.5. The highest BCUT2D eigenvalue weighted by atomic mass is 16.5. The average Bonchev–Trinajstić information content (AvgIpc) is 2.71. The number of aliphatic hydroxyl groups excluding tert-OH is 1. The number of methoxy groups -OCH3 is 1. The molecule has 0 bridgehead atoms. The molecule has 1 heterocycles. The third kappa shape index (κ3) is 3.04. The number of nitrogen functional groups attached to an aromatic ring is 1. The topological polar surface area (TPSA) is 75.8 Å². The molecule has 1 aliphatic heterocycles. The standard InChI is InChI=1S/C15H22N2O3/c1-20-12-6-7-13(14(16)9-12)15(19)17-8-4-2-3-5-11(17)10-18/h6-7,9,11,18H,2-5,8,10,16H2,1H3.